The second kappa shape index (κ2) is 28.6. The van der Waals surface area contributed by atoms with E-state index in [0.29, 0.717) is 24.1 Å². The number of carboxylic acids is 1. The molecule has 0 aromatic rings. The van der Waals surface area contributed by atoms with Gasteiger partial charge in [0.2, 0.25) is 0 Å². The molecule has 136 valence electrons. The Morgan fingerprint density at radius 3 is 1.64 bits per heavy atom. The summed E-state index contributed by atoms with van der Waals surface area (Å²) in [5.74, 6) is 1.69. The SMILES string of the molecule is CO.COCSCCC(=O)O.COCSCCC(=O)OC.O. The van der Waals surface area contributed by atoms with Gasteiger partial charge in [-0.2, -0.15) is 0 Å². The van der Waals surface area contributed by atoms with E-state index >= 15 is 0 Å². The predicted octanol–water partition coefficient (Wildman–Crippen LogP) is 0.469. The van der Waals surface area contributed by atoms with Crippen LogP contribution in [0.3, 0.4) is 0 Å². The third-order valence-electron chi connectivity index (χ3n) is 1.54. The molecular weight excluding hydrogens is 336 g/mol. The summed E-state index contributed by atoms with van der Waals surface area (Å²) in [6.45, 7) is 0. The van der Waals surface area contributed by atoms with Crippen LogP contribution in [0.2, 0.25) is 0 Å². The number of thioether (sulfide) groups is 2. The Labute approximate surface area is 140 Å². The average molecular weight is 364 g/mol. The number of aliphatic carboxylic acids is 1. The molecule has 10 heteroatoms. The number of esters is 1. The number of rotatable bonds is 10. The lowest BCUT2D eigenvalue weighted by Crippen LogP contribution is -2.01. The van der Waals surface area contributed by atoms with Gasteiger partial charge in [-0.15, -0.1) is 23.5 Å². The monoisotopic (exact) mass is 364 g/mol. The molecule has 0 unspecified atom stereocenters. The summed E-state index contributed by atoms with van der Waals surface area (Å²) in [4.78, 5) is 20.4. The molecule has 4 N–H and O–H groups in total. The van der Waals surface area contributed by atoms with Crippen molar-refractivity contribution < 1.29 is 39.5 Å². The Hall–Kier alpha value is -0.520. The number of methoxy groups -OCH3 is 3. The number of carboxylic acid groups (broad SMARTS) is 1. The summed E-state index contributed by atoms with van der Waals surface area (Å²) in [7, 11) is 5.61. The summed E-state index contributed by atoms with van der Waals surface area (Å²) >= 11 is 3.05. The normalized spacial score (nSPS) is 8.41. The topological polar surface area (TPSA) is 134 Å². The van der Waals surface area contributed by atoms with Gasteiger partial charge in [-0.05, 0) is 0 Å². The number of carbonyl (C=O) groups is 2. The molecule has 0 aliphatic heterocycles. The second-order valence-electron chi connectivity index (χ2n) is 3.10. The summed E-state index contributed by atoms with van der Waals surface area (Å²) in [6.07, 6.45) is 0.679. The van der Waals surface area contributed by atoms with Crippen LogP contribution in [-0.2, 0) is 23.8 Å². The summed E-state index contributed by atoms with van der Waals surface area (Å²) in [6, 6.07) is 0. The molecule has 0 fully saturated rings. The molecule has 0 heterocycles. The molecule has 0 aliphatic carbocycles. The van der Waals surface area contributed by atoms with Gasteiger partial charge < -0.3 is 29.9 Å². The van der Waals surface area contributed by atoms with Crippen molar-refractivity contribution >= 4 is 35.5 Å². The molecule has 0 spiro atoms. The number of carbonyl (C=O) groups excluding carboxylic acids is 1. The van der Waals surface area contributed by atoms with E-state index in [9.17, 15) is 9.59 Å². The lowest BCUT2D eigenvalue weighted by molar-refractivity contribution is -0.140. The van der Waals surface area contributed by atoms with Crippen LogP contribution in [0.5, 0.6) is 0 Å². The van der Waals surface area contributed by atoms with Crippen LogP contribution >= 0.6 is 23.5 Å². The Morgan fingerprint density at radius 2 is 1.32 bits per heavy atom. The maximum absolute atomic E-state index is 10.5. The number of hydrogen-bond donors (Lipinski definition) is 2. The van der Waals surface area contributed by atoms with Crippen molar-refractivity contribution in [2.75, 3.05) is 51.8 Å². The first-order chi connectivity index (χ1) is 10.1. The first kappa shape index (κ1) is 29.5. The maximum atomic E-state index is 10.5. The smallest absolute Gasteiger partial charge is 0.306 e. The van der Waals surface area contributed by atoms with Gasteiger partial charge in [-0.3, -0.25) is 9.59 Å². The van der Waals surface area contributed by atoms with Gasteiger partial charge in [0.25, 0.3) is 0 Å². The number of aliphatic hydroxyl groups excluding tert-OH is 1. The van der Waals surface area contributed by atoms with Crippen LogP contribution in [0.1, 0.15) is 12.8 Å². The van der Waals surface area contributed by atoms with Crippen LogP contribution < -0.4 is 0 Å². The van der Waals surface area contributed by atoms with Gasteiger partial charge in [-0.1, -0.05) is 0 Å². The van der Waals surface area contributed by atoms with Crippen LogP contribution in [0.15, 0.2) is 0 Å². The first-order valence-electron chi connectivity index (χ1n) is 5.95. The summed E-state index contributed by atoms with van der Waals surface area (Å²) in [5, 5.41) is 15.2. The molecular formula is C12H28O8S2. The van der Waals surface area contributed by atoms with Gasteiger partial charge in [0, 0.05) is 32.8 Å². The molecule has 0 radical (unpaired) electrons. The second-order valence-corrected chi connectivity index (χ2v) is 5.20. The van der Waals surface area contributed by atoms with Crippen molar-refractivity contribution in [1.82, 2.24) is 0 Å². The van der Waals surface area contributed by atoms with E-state index in [0.717, 1.165) is 12.9 Å². The Morgan fingerprint density at radius 1 is 0.909 bits per heavy atom. The van der Waals surface area contributed by atoms with Crippen molar-refractivity contribution in [1.29, 1.82) is 0 Å². The fourth-order valence-electron chi connectivity index (χ4n) is 0.702. The minimum Gasteiger partial charge on any atom is -0.481 e. The van der Waals surface area contributed by atoms with Crippen molar-refractivity contribution in [3.05, 3.63) is 0 Å². The van der Waals surface area contributed by atoms with Crippen LogP contribution in [0.25, 0.3) is 0 Å². The Kier molecular flexibility index (Phi) is 38.4. The minimum atomic E-state index is -0.751. The fraction of sp³-hybridized carbons (Fsp3) is 0.833. The van der Waals surface area contributed by atoms with E-state index in [2.05, 4.69) is 4.74 Å². The number of aliphatic hydroxyl groups is 1. The lowest BCUT2D eigenvalue weighted by Gasteiger charge is -1.97. The maximum Gasteiger partial charge on any atom is 0.306 e. The summed E-state index contributed by atoms with van der Waals surface area (Å²) < 4.78 is 13.9. The molecule has 0 amide bonds. The Bertz CT molecular complexity index is 229. The van der Waals surface area contributed by atoms with Crippen molar-refractivity contribution in [3.8, 4) is 0 Å². The molecule has 0 rings (SSSR count). The molecule has 0 bridgehead atoms. The Balaban J connectivity index is -0.000000127. The highest BCUT2D eigenvalue weighted by Crippen LogP contribution is 2.02. The number of ether oxygens (including phenoxy) is 3. The van der Waals surface area contributed by atoms with Crippen molar-refractivity contribution in [2.45, 2.75) is 12.8 Å². The molecule has 0 aromatic carbocycles. The van der Waals surface area contributed by atoms with Gasteiger partial charge in [-0.25, -0.2) is 0 Å². The molecule has 0 saturated carbocycles. The third kappa shape index (κ3) is 36.6. The molecule has 0 saturated heterocycles. The third-order valence-corrected chi connectivity index (χ3v) is 3.33. The first-order valence-corrected chi connectivity index (χ1v) is 8.26. The molecule has 0 aliphatic rings. The van der Waals surface area contributed by atoms with Crippen LogP contribution in [-0.4, -0.2) is 79.5 Å². The van der Waals surface area contributed by atoms with E-state index in [-0.39, 0.29) is 17.9 Å². The molecule has 22 heavy (non-hydrogen) atoms. The highest BCUT2D eigenvalue weighted by Gasteiger charge is 1.97. The van der Waals surface area contributed by atoms with Gasteiger partial charge in [0.05, 0.1) is 31.8 Å². The average Bonchev–Trinajstić information content (AvgIpc) is 2.50. The van der Waals surface area contributed by atoms with E-state index in [1.807, 2.05) is 0 Å². The van der Waals surface area contributed by atoms with Crippen molar-refractivity contribution in [3.63, 3.8) is 0 Å². The predicted molar refractivity (Wildman–Crippen MR) is 89.3 cm³/mol. The van der Waals surface area contributed by atoms with Gasteiger partial charge in [0.1, 0.15) is 0 Å². The van der Waals surface area contributed by atoms with Gasteiger partial charge >= 0.3 is 11.9 Å². The standard InChI is InChI=1S/C6H12O3S.C5H10O3S.CH4O.H2O/c1-8-5-10-4-3-6(7)9-2;1-8-4-9-3-2-5(6)7;1-2;/h3-5H2,1-2H3;2-4H2,1H3,(H,6,7);2H,1H3;1H2. The van der Waals surface area contributed by atoms with E-state index in [1.54, 1.807) is 26.0 Å². The highest BCUT2D eigenvalue weighted by molar-refractivity contribution is 7.99. The van der Waals surface area contributed by atoms with E-state index < -0.39 is 5.97 Å². The largest absolute Gasteiger partial charge is 0.481 e. The van der Waals surface area contributed by atoms with Crippen molar-refractivity contribution in [2.24, 2.45) is 0 Å². The van der Waals surface area contributed by atoms with Crippen LogP contribution in [0, 0.1) is 0 Å². The quantitative estimate of drug-likeness (QED) is 0.322. The summed E-state index contributed by atoms with van der Waals surface area (Å²) in [5.41, 5.74) is 0. The molecule has 0 atom stereocenters. The van der Waals surface area contributed by atoms with Crippen LogP contribution in [0.4, 0.5) is 0 Å². The highest BCUT2D eigenvalue weighted by atomic mass is 32.2. The fourth-order valence-corrected chi connectivity index (χ4v) is 1.90. The lowest BCUT2D eigenvalue weighted by atomic mass is 10.5. The minimum absolute atomic E-state index is 0. The molecule has 0 aromatic heterocycles. The van der Waals surface area contributed by atoms with Gasteiger partial charge in [0.15, 0.2) is 0 Å². The zero-order valence-corrected chi connectivity index (χ0v) is 15.1. The molecule has 8 nitrogen and oxygen atoms in total. The van der Waals surface area contributed by atoms with E-state index in [4.69, 9.17) is 19.7 Å². The zero-order chi connectivity index (χ0) is 16.9. The number of hydrogen-bond acceptors (Lipinski definition) is 8. The van der Waals surface area contributed by atoms with E-state index in [1.165, 1.54) is 18.9 Å². The zero-order valence-electron chi connectivity index (χ0n) is 13.5.